The van der Waals surface area contributed by atoms with Crippen molar-refractivity contribution >= 4 is 5.91 Å². The van der Waals surface area contributed by atoms with Crippen LogP contribution in [0.25, 0.3) is 0 Å². The molecular formula is C27H28N2O3. The van der Waals surface area contributed by atoms with E-state index in [0.29, 0.717) is 26.2 Å². The van der Waals surface area contributed by atoms with E-state index in [2.05, 4.69) is 30.3 Å². The number of nitrogens with zero attached hydrogens (tertiary/aromatic N) is 1. The Morgan fingerprint density at radius 1 is 0.875 bits per heavy atom. The lowest BCUT2D eigenvalue weighted by molar-refractivity contribution is -0.138. The molecule has 0 spiro atoms. The second-order valence-corrected chi connectivity index (χ2v) is 8.52. The molecule has 1 fully saturated rings. The summed E-state index contributed by atoms with van der Waals surface area (Å²) >= 11 is 0. The van der Waals surface area contributed by atoms with Gasteiger partial charge in [-0.15, -0.1) is 0 Å². The van der Waals surface area contributed by atoms with Gasteiger partial charge in [0.25, 0.3) is 0 Å². The lowest BCUT2D eigenvalue weighted by Gasteiger charge is -2.43. The molecule has 0 unspecified atom stereocenters. The van der Waals surface area contributed by atoms with Gasteiger partial charge in [0.05, 0.1) is 12.1 Å². The number of rotatable bonds is 6. The molecule has 0 radical (unpaired) electrons. The largest absolute Gasteiger partial charge is 0.489 e. The highest BCUT2D eigenvalue weighted by atomic mass is 16.5. The van der Waals surface area contributed by atoms with E-state index in [1.165, 1.54) is 5.56 Å². The van der Waals surface area contributed by atoms with E-state index in [-0.39, 0.29) is 11.9 Å². The normalized spacial score (nSPS) is 19.8. The van der Waals surface area contributed by atoms with E-state index in [4.69, 9.17) is 15.2 Å². The Kier molecular flexibility index (Phi) is 5.82. The van der Waals surface area contributed by atoms with Gasteiger partial charge in [0.2, 0.25) is 5.91 Å². The number of carbonyl (C=O) groups excluding carboxylic acids is 1. The maximum absolute atomic E-state index is 12.7. The van der Waals surface area contributed by atoms with Crippen LogP contribution >= 0.6 is 0 Å². The van der Waals surface area contributed by atoms with E-state index in [1.54, 1.807) is 0 Å². The van der Waals surface area contributed by atoms with Crippen LogP contribution in [0.1, 0.15) is 41.1 Å². The molecule has 164 valence electrons. The summed E-state index contributed by atoms with van der Waals surface area (Å²) in [6.07, 6.45) is 2.32. The Labute approximate surface area is 188 Å². The number of hydrogen-bond donors (Lipinski definition) is 1. The number of piperidine rings is 1. The summed E-state index contributed by atoms with van der Waals surface area (Å²) in [4.78, 5) is 14.7. The van der Waals surface area contributed by atoms with Gasteiger partial charge in [0, 0.05) is 18.2 Å². The summed E-state index contributed by atoms with van der Waals surface area (Å²) in [5, 5.41) is 0. The molecule has 2 atom stereocenters. The van der Waals surface area contributed by atoms with Crippen LogP contribution in [0, 0.1) is 0 Å². The lowest BCUT2D eigenvalue weighted by atomic mass is 9.84. The molecule has 5 rings (SSSR count). The van der Waals surface area contributed by atoms with E-state index < -0.39 is 6.04 Å². The number of fused-ring (bicyclic) bond motifs is 3. The van der Waals surface area contributed by atoms with Crippen molar-refractivity contribution in [2.45, 2.75) is 44.6 Å². The fourth-order valence-corrected chi connectivity index (χ4v) is 4.71. The third kappa shape index (κ3) is 4.21. The maximum atomic E-state index is 12.7. The van der Waals surface area contributed by atoms with Crippen LogP contribution in [0.3, 0.4) is 0 Å². The number of nitrogens with two attached hydrogens (primary N) is 1. The topological polar surface area (TPSA) is 64.8 Å². The van der Waals surface area contributed by atoms with Gasteiger partial charge in [-0.05, 0) is 42.0 Å². The van der Waals surface area contributed by atoms with Crippen LogP contribution in [-0.2, 0) is 24.4 Å². The van der Waals surface area contributed by atoms with Crippen molar-refractivity contribution in [3.8, 4) is 11.5 Å². The molecule has 1 saturated heterocycles. The molecule has 2 N–H and O–H groups in total. The van der Waals surface area contributed by atoms with Crippen molar-refractivity contribution in [1.29, 1.82) is 0 Å². The fourth-order valence-electron chi connectivity index (χ4n) is 4.71. The van der Waals surface area contributed by atoms with Crippen molar-refractivity contribution in [2.75, 3.05) is 6.54 Å². The fraction of sp³-hybridized carbons (Fsp3) is 0.296. The van der Waals surface area contributed by atoms with Crippen LogP contribution in [0.4, 0.5) is 0 Å². The molecule has 2 aliphatic rings. The van der Waals surface area contributed by atoms with Gasteiger partial charge in [0.1, 0.15) is 24.7 Å². The van der Waals surface area contributed by atoms with Crippen molar-refractivity contribution in [1.82, 2.24) is 4.90 Å². The molecule has 0 bridgehead atoms. The Bertz CT molecular complexity index is 1080. The lowest BCUT2D eigenvalue weighted by Crippen LogP contribution is -2.52. The molecule has 3 aromatic rings. The number of ether oxygens (including phenoxy) is 2. The summed E-state index contributed by atoms with van der Waals surface area (Å²) in [5.74, 6) is 1.64. The molecular weight excluding hydrogens is 400 g/mol. The average Bonchev–Trinajstić information content (AvgIpc) is 2.84. The number of hydrogen-bond acceptors (Lipinski definition) is 4. The smallest absolute Gasteiger partial charge is 0.240 e. The van der Waals surface area contributed by atoms with Crippen LogP contribution in [0.5, 0.6) is 11.5 Å². The van der Waals surface area contributed by atoms with Crippen LogP contribution in [-0.4, -0.2) is 23.4 Å². The molecule has 5 nitrogen and oxygen atoms in total. The van der Waals surface area contributed by atoms with Crippen molar-refractivity contribution < 1.29 is 14.3 Å². The van der Waals surface area contributed by atoms with E-state index in [9.17, 15) is 4.79 Å². The summed E-state index contributed by atoms with van der Waals surface area (Å²) in [7, 11) is 0. The second-order valence-electron chi connectivity index (χ2n) is 8.52. The van der Waals surface area contributed by atoms with Crippen molar-refractivity contribution in [3.05, 3.63) is 95.1 Å². The minimum atomic E-state index is -0.394. The number of carbonyl (C=O) groups is 1. The van der Waals surface area contributed by atoms with Gasteiger partial charge < -0.3 is 20.1 Å². The van der Waals surface area contributed by atoms with Crippen LogP contribution in [0.2, 0.25) is 0 Å². The summed E-state index contributed by atoms with van der Waals surface area (Å²) < 4.78 is 12.5. The first kappa shape index (κ1) is 20.6. The maximum Gasteiger partial charge on any atom is 0.240 e. The highest BCUT2D eigenvalue weighted by molar-refractivity contribution is 5.83. The van der Waals surface area contributed by atoms with Gasteiger partial charge in [-0.25, -0.2) is 0 Å². The molecule has 32 heavy (non-hydrogen) atoms. The Hall–Kier alpha value is -3.31. The highest BCUT2D eigenvalue weighted by Gasteiger charge is 2.39. The van der Waals surface area contributed by atoms with Gasteiger partial charge in [0.15, 0.2) is 0 Å². The number of benzene rings is 3. The van der Waals surface area contributed by atoms with Gasteiger partial charge in [-0.3, -0.25) is 4.79 Å². The summed E-state index contributed by atoms with van der Waals surface area (Å²) in [6, 6.07) is 24.0. The first-order valence-corrected chi connectivity index (χ1v) is 11.3. The monoisotopic (exact) mass is 428 g/mol. The molecule has 0 aliphatic carbocycles. The average molecular weight is 429 g/mol. The van der Waals surface area contributed by atoms with Gasteiger partial charge >= 0.3 is 0 Å². The summed E-state index contributed by atoms with van der Waals surface area (Å²) in [6.45, 7) is 1.65. The first-order chi connectivity index (χ1) is 15.7. The van der Waals surface area contributed by atoms with E-state index in [0.717, 1.165) is 41.0 Å². The zero-order chi connectivity index (χ0) is 21.9. The van der Waals surface area contributed by atoms with Gasteiger partial charge in [-0.1, -0.05) is 60.7 Å². The van der Waals surface area contributed by atoms with Crippen molar-refractivity contribution in [2.24, 2.45) is 5.73 Å². The standard InChI is InChI=1S/C27H28N2O3/c28-23-11-12-24-26-21(13-14-29(24)27(23)30)15-22(31-17-19-7-3-1-4-8-19)16-25(26)32-18-20-9-5-2-6-10-20/h1-10,15-16,23-24H,11-14,17-18,28H2/t23-,24+/m0/s1. The quantitative estimate of drug-likeness (QED) is 0.632. The van der Waals surface area contributed by atoms with Crippen molar-refractivity contribution in [3.63, 3.8) is 0 Å². The van der Waals surface area contributed by atoms with Crippen LogP contribution < -0.4 is 15.2 Å². The van der Waals surface area contributed by atoms with E-state index in [1.807, 2.05) is 47.4 Å². The molecule has 3 aromatic carbocycles. The summed E-state index contributed by atoms with van der Waals surface area (Å²) in [5.41, 5.74) is 10.6. The SMILES string of the molecule is N[C@H]1CC[C@@H]2c3c(cc(OCc4ccccc4)cc3OCc3ccccc3)CCN2C1=O. The second kappa shape index (κ2) is 9.05. The molecule has 0 aromatic heterocycles. The van der Waals surface area contributed by atoms with E-state index >= 15 is 0 Å². The minimum Gasteiger partial charge on any atom is -0.489 e. The molecule has 5 heteroatoms. The predicted molar refractivity (Wildman–Crippen MR) is 123 cm³/mol. The molecule has 1 amide bonds. The Morgan fingerprint density at radius 3 is 2.22 bits per heavy atom. The third-order valence-corrected chi connectivity index (χ3v) is 6.37. The van der Waals surface area contributed by atoms with Gasteiger partial charge in [-0.2, -0.15) is 0 Å². The highest BCUT2D eigenvalue weighted by Crippen LogP contribution is 2.44. The number of amides is 1. The predicted octanol–water partition coefficient (Wildman–Crippen LogP) is 4.39. The zero-order valence-corrected chi connectivity index (χ0v) is 18.1. The molecule has 0 saturated carbocycles. The minimum absolute atomic E-state index is 0.0139. The zero-order valence-electron chi connectivity index (χ0n) is 18.1. The first-order valence-electron chi connectivity index (χ1n) is 11.3. The molecule has 2 aliphatic heterocycles. The Balaban J connectivity index is 1.45. The third-order valence-electron chi connectivity index (χ3n) is 6.37. The Morgan fingerprint density at radius 2 is 1.53 bits per heavy atom. The molecule has 2 heterocycles. The van der Waals surface area contributed by atoms with Crippen LogP contribution in [0.15, 0.2) is 72.8 Å².